The second kappa shape index (κ2) is 8.76. The van der Waals surface area contributed by atoms with Gasteiger partial charge in [0.15, 0.2) is 5.69 Å². The maximum atomic E-state index is 13.3. The highest BCUT2D eigenvalue weighted by atomic mass is 79.9. The van der Waals surface area contributed by atoms with Crippen molar-refractivity contribution in [3.05, 3.63) is 38.1 Å². The van der Waals surface area contributed by atoms with Gasteiger partial charge in [0.05, 0.1) is 22.4 Å². The van der Waals surface area contributed by atoms with Crippen LogP contribution in [0.25, 0.3) is 10.2 Å². The zero-order valence-electron chi connectivity index (χ0n) is 17.8. The molecule has 35 heavy (non-hydrogen) atoms. The Balaban J connectivity index is 1.61. The number of nitrogens with two attached hydrogens (primary N) is 1. The van der Waals surface area contributed by atoms with E-state index in [1.54, 1.807) is 0 Å². The number of carbonyl (C=O) groups is 2. The summed E-state index contributed by atoms with van der Waals surface area (Å²) in [5.74, 6) is -1.76. The van der Waals surface area contributed by atoms with E-state index in [0.29, 0.717) is 29.9 Å². The van der Waals surface area contributed by atoms with Gasteiger partial charge in [-0.1, -0.05) is 0 Å². The Kier molecular flexibility index (Phi) is 6.36. The predicted octanol–water partition coefficient (Wildman–Crippen LogP) is 5.61. The van der Waals surface area contributed by atoms with Crippen molar-refractivity contribution in [3.63, 3.8) is 0 Å². The molecule has 3 N–H and O–H groups in total. The number of nitrogens with zero attached hydrogens (tertiary/aromatic N) is 3. The highest BCUT2D eigenvalue weighted by molar-refractivity contribution is 9.10. The van der Waals surface area contributed by atoms with Crippen molar-refractivity contribution >= 4 is 55.0 Å². The Morgan fingerprint density at radius 2 is 1.89 bits per heavy atom. The number of nitrogens with one attached hydrogen (secondary N) is 1. The number of amides is 2. The van der Waals surface area contributed by atoms with Gasteiger partial charge in [-0.15, -0.1) is 11.3 Å². The summed E-state index contributed by atoms with van der Waals surface area (Å²) in [6.45, 7) is 1.18. The maximum Gasteiger partial charge on any atom is 0.436 e. The Bertz CT molecular complexity index is 1340. The summed E-state index contributed by atoms with van der Waals surface area (Å²) in [7, 11) is 0. The number of aryl methyl sites for hydroxylation is 2. The van der Waals surface area contributed by atoms with Crippen LogP contribution in [0.1, 0.15) is 57.5 Å². The molecule has 0 atom stereocenters. The van der Waals surface area contributed by atoms with E-state index in [0.717, 1.165) is 10.7 Å². The van der Waals surface area contributed by atoms with Gasteiger partial charge in [0.1, 0.15) is 15.4 Å². The van der Waals surface area contributed by atoms with Crippen LogP contribution in [0.3, 0.4) is 0 Å². The summed E-state index contributed by atoms with van der Waals surface area (Å²) in [4.78, 5) is 27.8. The van der Waals surface area contributed by atoms with Crippen LogP contribution in [-0.4, -0.2) is 26.6 Å². The lowest BCUT2D eigenvalue weighted by atomic mass is 10.1. The minimum atomic E-state index is -4.72. The van der Waals surface area contributed by atoms with Gasteiger partial charge in [-0.05, 0) is 47.3 Å². The number of carbonyl (C=O) groups excluding carboxylic acids is 2. The Morgan fingerprint density at radius 1 is 1.23 bits per heavy atom. The van der Waals surface area contributed by atoms with Crippen molar-refractivity contribution in [2.75, 3.05) is 5.32 Å². The molecule has 0 aromatic carbocycles. The number of alkyl halides is 6. The molecule has 0 bridgehead atoms. The molecule has 1 aliphatic carbocycles. The fourth-order valence-electron chi connectivity index (χ4n) is 3.68. The zero-order valence-corrected chi connectivity index (χ0v) is 20.2. The predicted molar refractivity (Wildman–Crippen MR) is 118 cm³/mol. The molecule has 0 saturated heterocycles. The maximum absolute atomic E-state index is 13.3. The molecule has 7 nitrogen and oxygen atoms in total. The second-order valence-electron chi connectivity index (χ2n) is 8.01. The number of fused-ring (bicyclic) bond motifs is 1. The second-order valence-corrected chi connectivity index (χ2v) is 9.81. The molecule has 3 aromatic heterocycles. The lowest BCUT2D eigenvalue weighted by Gasteiger charge is -2.10. The Labute approximate surface area is 205 Å². The molecule has 4 rings (SSSR count). The highest BCUT2D eigenvalue weighted by Crippen LogP contribution is 2.47. The van der Waals surface area contributed by atoms with Crippen LogP contribution in [0.2, 0.25) is 0 Å². The van der Waals surface area contributed by atoms with Gasteiger partial charge in [-0.2, -0.15) is 31.4 Å². The van der Waals surface area contributed by atoms with Crippen LogP contribution in [0, 0.1) is 6.92 Å². The average Bonchev–Trinajstić information content (AvgIpc) is 3.40. The number of anilines is 1. The summed E-state index contributed by atoms with van der Waals surface area (Å²) >= 11 is 3.58. The summed E-state index contributed by atoms with van der Waals surface area (Å²) in [6, 6.07) is 0.789. The summed E-state index contributed by atoms with van der Waals surface area (Å²) in [5.41, 5.74) is 3.50. The quantitative estimate of drug-likeness (QED) is 0.368. The van der Waals surface area contributed by atoms with Gasteiger partial charge in [-0.3, -0.25) is 14.3 Å². The first-order chi connectivity index (χ1) is 16.2. The summed E-state index contributed by atoms with van der Waals surface area (Å²) in [6.07, 6.45) is -8.31. The topological polar surface area (TPSA) is 103 Å². The molecule has 1 fully saturated rings. The van der Waals surface area contributed by atoms with E-state index in [9.17, 15) is 35.9 Å². The first kappa shape index (κ1) is 25.4. The van der Waals surface area contributed by atoms with Gasteiger partial charge < -0.3 is 11.1 Å². The first-order valence-electron chi connectivity index (χ1n) is 10.1. The smallest absolute Gasteiger partial charge is 0.365 e. The molecule has 3 heterocycles. The van der Waals surface area contributed by atoms with E-state index in [1.807, 2.05) is 0 Å². The molecule has 188 valence electrons. The Morgan fingerprint density at radius 3 is 2.43 bits per heavy atom. The molecule has 2 amide bonds. The number of hydrogen-bond donors (Lipinski definition) is 2. The number of thiophene rings is 1. The lowest BCUT2D eigenvalue weighted by Crippen LogP contribution is -2.19. The third-order valence-electron chi connectivity index (χ3n) is 5.35. The third kappa shape index (κ3) is 5.01. The van der Waals surface area contributed by atoms with Crippen molar-refractivity contribution in [1.29, 1.82) is 0 Å². The number of hydrogen-bond acceptors (Lipinski definition) is 5. The lowest BCUT2D eigenvalue weighted by molar-refractivity contribution is -0.142. The number of primary amides is 1. The number of aromatic nitrogens is 3. The van der Waals surface area contributed by atoms with Crippen molar-refractivity contribution in [2.24, 2.45) is 5.73 Å². The highest BCUT2D eigenvalue weighted by Gasteiger charge is 2.41. The Hall–Kier alpha value is -2.68. The van der Waals surface area contributed by atoms with Crippen LogP contribution < -0.4 is 11.1 Å². The molecule has 3 aromatic rings. The normalized spacial score (nSPS) is 14.5. The molecule has 0 unspecified atom stereocenters. The average molecular weight is 584 g/mol. The molecule has 1 saturated carbocycles. The number of halogens is 7. The molecule has 0 spiro atoms. The molecular formula is C20H16BrF6N5O2S. The summed E-state index contributed by atoms with van der Waals surface area (Å²) in [5, 5.41) is 6.23. The minimum absolute atomic E-state index is 0.0822. The van der Waals surface area contributed by atoms with Gasteiger partial charge in [0, 0.05) is 17.7 Å². The standard InChI is InChI=1S/C20H16BrF6N5O2S/c1-7-6-9(19(22,23)24)29-18-11(7)13(15(35-18)17(28)34)30-10(33)4-5-32-14(8-2-3-8)12(21)16(31-32)20(25,26)27/h6,8H,2-5H2,1H3,(H2,28,34)(H,30,33). The number of rotatable bonds is 6. The molecular weight excluding hydrogens is 568 g/mol. The van der Waals surface area contributed by atoms with Crippen LogP contribution in [-0.2, 0) is 23.7 Å². The zero-order chi connectivity index (χ0) is 25.9. The minimum Gasteiger partial charge on any atom is -0.365 e. The van der Waals surface area contributed by atoms with E-state index in [2.05, 4.69) is 31.3 Å². The summed E-state index contributed by atoms with van der Waals surface area (Å²) < 4.78 is 80.2. The fourth-order valence-corrected chi connectivity index (χ4v) is 5.57. The van der Waals surface area contributed by atoms with E-state index in [4.69, 9.17) is 5.73 Å². The molecule has 0 aliphatic heterocycles. The van der Waals surface area contributed by atoms with Crippen molar-refractivity contribution in [2.45, 2.75) is 51.0 Å². The first-order valence-corrected chi connectivity index (χ1v) is 11.7. The van der Waals surface area contributed by atoms with Gasteiger partial charge in [0.25, 0.3) is 5.91 Å². The largest absolute Gasteiger partial charge is 0.436 e. The van der Waals surface area contributed by atoms with Crippen molar-refractivity contribution in [1.82, 2.24) is 14.8 Å². The fraction of sp³-hybridized carbons (Fsp3) is 0.400. The van der Waals surface area contributed by atoms with E-state index >= 15 is 0 Å². The van der Waals surface area contributed by atoms with Crippen molar-refractivity contribution in [3.8, 4) is 0 Å². The van der Waals surface area contributed by atoms with Crippen LogP contribution in [0.4, 0.5) is 32.0 Å². The van der Waals surface area contributed by atoms with E-state index in [-0.39, 0.29) is 49.7 Å². The van der Waals surface area contributed by atoms with Gasteiger partial charge in [-0.25, -0.2) is 4.98 Å². The van der Waals surface area contributed by atoms with Gasteiger partial charge >= 0.3 is 12.4 Å². The van der Waals surface area contributed by atoms with Gasteiger partial charge in [0.2, 0.25) is 5.91 Å². The van der Waals surface area contributed by atoms with Crippen molar-refractivity contribution < 1.29 is 35.9 Å². The molecule has 0 radical (unpaired) electrons. The van der Waals surface area contributed by atoms with Crippen LogP contribution >= 0.6 is 27.3 Å². The van der Waals surface area contributed by atoms with Crippen LogP contribution in [0.5, 0.6) is 0 Å². The monoisotopic (exact) mass is 583 g/mol. The molecule has 1 aliphatic rings. The third-order valence-corrected chi connectivity index (χ3v) is 7.23. The SMILES string of the molecule is Cc1cc(C(F)(F)F)nc2sc(C(N)=O)c(NC(=O)CCn3nc(C(F)(F)F)c(Br)c3C3CC3)c12. The number of pyridine rings is 1. The van der Waals surface area contributed by atoms with E-state index < -0.39 is 35.6 Å². The van der Waals surface area contributed by atoms with E-state index in [1.165, 1.54) is 6.92 Å². The van der Waals surface area contributed by atoms with Crippen LogP contribution in [0.15, 0.2) is 10.5 Å². The molecule has 15 heteroatoms.